The summed E-state index contributed by atoms with van der Waals surface area (Å²) in [6, 6.07) is 0. The summed E-state index contributed by atoms with van der Waals surface area (Å²) in [5, 5.41) is 2.06. The van der Waals surface area contributed by atoms with Gasteiger partial charge in [-0.2, -0.15) is 13.2 Å². The van der Waals surface area contributed by atoms with Gasteiger partial charge in [-0.05, 0) is 0 Å². The Morgan fingerprint density at radius 1 is 1.47 bits per heavy atom. The molecule has 1 aromatic heterocycles. The van der Waals surface area contributed by atoms with E-state index in [-0.39, 0.29) is 17.4 Å². The minimum atomic E-state index is -4.33. The number of aromatic nitrogens is 2. The smallest absolute Gasteiger partial charge is 0.405 e. The molecule has 3 N–H and O–H groups in total. The molecular weight excluding hydrogens is 213 g/mol. The molecule has 8 heteroatoms. The van der Waals surface area contributed by atoms with Gasteiger partial charge in [0.25, 0.3) is 0 Å². The first-order valence-electron chi connectivity index (χ1n) is 3.89. The fourth-order valence-electron chi connectivity index (χ4n) is 0.898. The maximum Gasteiger partial charge on any atom is 0.405 e. The summed E-state index contributed by atoms with van der Waals surface area (Å²) in [7, 11) is 1.27. The molecule has 0 spiro atoms. The molecular formula is C7H9F3N4O. The number of hydrogen-bond donors (Lipinski definition) is 2. The first-order valence-corrected chi connectivity index (χ1v) is 3.89. The molecule has 0 unspecified atom stereocenters. The highest BCUT2D eigenvalue weighted by Crippen LogP contribution is 2.27. The van der Waals surface area contributed by atoms with Crippen LogP contribution >= 0.6 is 0 Å². The second-order valence-corrected chi connectivity index (χ2v) is 2.61. The summed E-state index contributed by atoms with van der Waals surface area (Å²) in [5.41, 5.74) is 5.37. The normalized spacial score (nSPS) is 11.2. The molecule has 15 heavy (non-hydrogen) atoms. The molecule has 1 aromatic rings. The van der Waals surface area contributed by atoms with E-state index in [2.05, 4.69) is 15.3 Å². The van der Waals surface area contributed by atoms with Crippen LogP contribution in [0.5, 0.6) is 5.75 Å². The van der Waals surface area contributed by atoms with Crippen molar-refractivity contribution in [2.75, 3.05) is 24.7 Å². The number of alkyl halides is 3. The van der Waals surface area contributed by atoms with E-state index in [1.165, 1.54) is 7.11 Å². The van der Waals surface area contributed by atoms with Crippen LogP contribution in [0, 0.1) is 0 Å². The largest absolute Gasteiger partial charge is 0.490 e. The van der Waals surface area contributed by atoms with E-state index in [1.807, 2.05) is 0 Å². The molecule has 0 saturated carbocycles. The molecule has 0 aliphatic heterocycles. The Hall–Kier alpha value is -1.73. The van der Waals surface area contributed by atoms with Crippen molar-refractivity contribution in [3.8, 4) is 5.75 Å². The average molecular weight is 222 g/mol. The van der Waals surface area contributed by atoms with E-state index in [9.17, 15) is 13.2 Å². The number of methoxy groups -OCH3 is 1. The molecule has 0 radical (unpaired) electrons. The summed E-state index contributed by atoms with van der Waals surface area (Å²) >= 11 is 0. The van der Waals surface area contributed by atoms with Crippen LogP contribution in [-0.4, -0.2) is 29.8 Å². The molecule has 0 bridgehead atoms. The van der Waals surface area contributed by atoms with Crippen molar-refractivity contribution >= 4 is 11.6 Å². The van der Waals surface area contributed by atoms with Gasteiger partial charge in [-0.25, -0.2) is 9.97 Å². The highest BCUT2D eigenvalue weighted by molar-refractivity contribution is 5.61. The number of nitrogens with zero attached hydrogens (tertiary/aromatic N) is 2. The first kappa shape index (κ1) is 11.3. The Balaban J connectivity index is 2.81. The van der Waals surface area contributed by atoms with Gasteiger partial charge in [-0.15, -0.1) is 0 Å². The van der Waals surface area contributed by atoms with E-state index in [0.717, 1.165) is 6.33 Å². The van der Waals surface area contributed by atoms with Crippen LogP contribution in [-0.2, 0) is 0 Å². The maximum absolute atomic E-state index is 11.9. The summed E-state index contributed by atoms with van der Waals surface area (Å²) in [6.45, 7) is -1.21. The van der Waals surface area contributed by atoms with Gasteiger partial charge in [0.05, 0.1) is 7.11 Å². The minimum absolute atomic E-state index is 0.00162. The van der Waals surface area contributed by atoms with Crippen molar-refractivity contribution in [3.63, 3.8) is 0 Å². The van der Waals surface area contributed by atoms with Crippen LogP contribution in [0.15, 0.2) is 6.33 Å². The van der Waals surface area contributed by atoms with E-state index in [0.29, 0.717) is 0 Å². The lowest BCUT2D eigenvalue weighted by Crippen LogP contribution is -2.22. The van der Waals surface area contributed by atoms with Crippen LogP contribution in [0.1, 0.15) is 0 Å². The lowest BCUT2D eigenvalue weighted by molar-refractivity contribution is -0.115. The van der Waals surface area contributed by atoms with Crippen LogP contribution in [0.2, 0.25) is 0 Å². The number of anilines is 2. The predicted molar refractivity (Wildman–Crippen MR) is 47.5 cm³/mol. The van der Waals surface area contributed by atoms with Gasteiger partial charge in [0.1, 0.15) is 12.9 Å². The fourth-order valence-corrected chi connectivity index (χ4v) is 0.898. The third kappa shape index (κ3) is 3.15. The van der Waals surface area contributed by atoms with Crippen molar-refractivity contribution in [2.24, 2.45) is 0 Å². The molecule has 0 aliphatic rings. The van der Waals surface area contributed by atoms with Gasteiger partial charge in [-0.3, -0.25) is 0 Å². The maximum atomic E-state index is 11.9. The number of nitrogens with one attached hydrogen (secondary N) is 1. The van der Waals surface area contributed by atoms with Gasteiger partial charge < -0.3 is 15.8 Å². The second-order valence-electron chi connectivity index (χ2n) is 2.61. The molecule has 5 nitrogen and oxygen atoms in total. The Morgan fingerprint density at radius 3 is 2.67 bits per heavy atom. The van der Waals surface area contributed by atoms with Crippen LogP contribution in [0.3, 0.4) is 0 Å². The third-order valence-electron chi connectivity index (χ3n) is 1.49. The van der Waals surface area contributed by atoms with Crippen molar-refractivity contribution in [1.29, 1.82) is 0 Å². The molecule has 0 aliphatic carbocycles. The zero-order chi connectivity index (χ0) is 11.5. The van der Waals surface area contributed by atoms with Gasteiger partial charge in [0.15, 0.2) is 11.6 Å². The summed E-state index contributed by atoms with van der Waals surface area (Å²) in [4.78, 5) is 7.16. The van der Waals surface area contributed by atoms with Gasteiger partial charge in [-0.1, -0.05) is 0 Å². The molecule has 1 rings (SSSR count). The quantitative estimate of drug-likeness (QED) is 0.799. The van der Waals surface area contributed by atoms with E-state index in [1.54, 1.807) is 0 Å². The highest BCUT2D eigenvalue weighted by atomic mass is 19.4. The Labute approximate surface area is 83.5 Å². The van der Waals surface area contributed by atoms with E-state index in [4.69, 9.17) is 10.5 Å². The lowest BCUT2D eigenvalue weighted by atomic mass is 10.4. The molecule has 0 aromatic carbocycles. The van der Waals surface area contributed by atoms with Crippen LogP contribution < -0.4 is 15.8 Å². The number of halogens is 3. The molecule has 0 saturated heterocycles. The first-order chi connectivity index (χ1) is 6.94. The number of ether oxygens (including phenoxy) is 1. The standard InChI is InChI=1S/C7H9F3N4O/c1-15-4-5(11)13-3-14-6(4)12-2-7(8,9)10/h3H,2H2,1H3,(H3,11,12,13,14). The predicted octanol–water partition coefficient (Wildman–Crippen LogP) is 1.04. The summed E-state index contributed by atoms with van der Waals surface area (Å²) in [6.07, 6.45) is -3.28. The topological polar surface area (TPSA) is 73.1 Å². The lowest BCUT2D eigenvalue weighted by Gasteiger charge is -2.12. The molecule has 0 fully saturated rings. The number of nitrogen functional groups attached to an aromatic ring is 1. The Morgan fingerprint density at radius 2 is 2.13 bits per heavy atom. The van der Waals surface area contributed by atoms with Gasteiger partial charge in [0.2, 0.25) is 5.75 Å². The van der Waals surface area contributed by atoms with Gasteiger partial charge >= 0.3 is 6.18 Å². The fraction of sp³-hybridized carbons (Fsp3) is 0.429. The van der Waals surface area contributed by atoms with Crippen molar-refractivity contribution in [2.45, 2.75) is 6.18 Å². The monoisotopic (exact) mass is 222 g/mol. The zero-order valence-electron chi connectivity index (χ0n) is 7.80. The Kier molecular flexibility index (Phi) is 3.17. The average Bonchev–Trinajstić information content (AvgIpc) is 2.13. The highest BCUT2D eigenvalue weighted by Gasteiger charge is 2.27. The van der Waals surface area contributed by atoms with Crippen LogP contribution in [0.25, 0.3) is 0 Å². The number of hydrogen-bond acceptors (Lipinski definition) is 5. The van der Waals surface area contributed by atoms with Crippen molar-refractivity contribution in [1.82, 2.24) is 9.97 Å². The second kappa shape index (κ2) is 4.20. The molecule has 0 amide bonds. The number of nitrogens with two attached hydrogens (primary N) is 1. The minimum Gasteiger partial charge on any atom is -0.490 e. The summed E-state index contributed by atoms with van der Waals surface area (Å²) < 4.78 is 40.5. The van der Waals surface area contributed by atoms with Crippen molar-refractivity contribution < 1.29 is 17.9 Å². The van der Waals surface area contributed by atoms with Crippen molar-refractivity contribution in [3.05, 3.63) is 6.33 Å². The van der Waals surface area contributed by atoms with E-state index >= 15 is 0 Å². The zero-order valence-corrected chi connectivity index (χ0v) is 7.80. The van der Waals surface area contributed by atoms with E-state index < -0.39 is 12.7 Å². The van der Waals surface area contributed by atoms with Crippen LogP contribution in [0.4, 0.5) is 24.8 Å². The summed E-state index contributed by atoms with van der Waals surface area (Å²) in [5.74, 6) is -0.0961. The van der Waals surface area contributed by atoms with Gasteiger partial charge in [0, 0.05) is 0 Å². The molecule has 0 atom stereocenters. The third-order valence-corrected chi connectivity index (χ3v) is 1.49. The molecule has 84 valence electrons. The molecule has 1 heterocycles. The Bertz CT molecular complexity index is 341. The SMILES string of the molecule is COc1c(N)ncnc1NCC(F)(F)F. The number of rotatable bonds is 3.